The van der Waals surface area contributed by atoms with Crippen molar-refractivity contribution in [2.45, 2.75) is 103 Å². The molecule has 3 N–H and O–H groups in total. The zero-order valence-electron chi connectivity index (χ0n) is 39.7. The fourth-order valence-corrected chi connectivity index (χ4v) is 6.11. The number of amides is 1. The predicted molar refractivity (Wildman–Crippen MR) is 236 cm³/mol. The maximum Gasteiger partial charge on any atom is 0.313 e. The standard InChI is InChI=1S/C39H62F5NO11.C7H17NO2/c1-3-5-6-7-14-49-18-22-53-24-26-55-29-39(27-30-9-8-10-30,28-54-25-23-52-21-17-48-13-4-2)45-31(46)11-15-50-19-20-51-16-12-32(47)56-38-36(43)34(41)33(40)35(42)37(38)44;1-2-4-9-6-7-10-5-3-8/h30H,3-29H2,1-2H3,(H,45,46);2-8H2,1H3. The molecule has 0 saturated heterocycles. The Morgan fingerprint density at radius 3 is 1.39 bits per heavy atom. The molecule has 1 saturated carbocycles. The first kappa shape index (κ1) is 61.4. The van der Waals surface area contributed by atoms with Gasteiger partial charge in [-0.1, -0.05) is 59.3 Å². The summed E-state index contributed by atoms with van der Waals surface area (Å²) in [6.45, 7) is 14.7. The average Bonchev–Trinajstić information content (AvgIpc) is 3.29. The van der Waals surface area contributed by atoms with Gasteiger partial charge in [0.25, 0.3) is 0 Å². The number of hydrogen-bond acceptors (Lipinski definition) is 14. The van der Waals surface area contributed by atoms with Crippen LogP contribution in [0, 0.1) is 35.0 Å². The van der Waals surface area contributed by atoms with E-state index >= 15 is 0 Å². The molecule has 1 aliphatic rings. The minimum Gasteiger partial charge on any atom is -0.420 e. The van der Waals surface area contributed by atoms with E-state index in [-0.39, 0.29) is 52.0 Å². The van der Waals surface area contributed by atoms with Crippen molar-refractivity contribution in [3.63, 3.8) is 0 Å². The lowest BCUT2D eigenvalue weighted by Crippen LogP contribution is -2.57. The van der Waals surface area contributed by atoms with Crippen molar-refractivity contribution in [1.82, 2.24) is 5.32 Å². The van der Waals surface area contributed by atoms with Crippen LogP contribution in [-0.4, -0.2) is 156 Å². The molecule has 1 aromatic rings. The number of unbranched alkanes of at least 4 members (excludes halogenated alkanes) is 3. The SMILES string of the molecule is CCCCCCOCCOCCOCC(COCCOCCOCCC)(CC1CCC1)NC(=O)CCOCCOCCC(=O)Oc1c(F)c(F)c(F)c(F)c1F.CCCOCCOCCN. The lowest BCUT2D eigenvalue weighted by Gasteiger charge is -2.40. The van der Waals surface area contributed by atoms with Crippen LogP contribution in [0.3, 0.4) is 0 Å². The second kappa shape index (κ2) is 41.4. The second-order valence-corrected chi connectivity index (χ2v) is 15.6. The molecule has 0 aliphatic heterocycles. The molecule has 2 rings (SSSR count). The van der Waals surface area contributed by atoms with Crippen LogP contribution in [0.25, 0.3) is 0 Å². The minimum absolute atomic E-state index is 0.00925. The number of ether oxygens (including phenoxy) is 11. The summed E-state index contributed by atoms with van der Waals surface area (Å²) < 4.78 is 127. The highest BCUT2D eigenvalue weighted by molar-refractivity contribution is 5.77. The largest absolute Gasteiger partial charge is 0.420 e. The normalized spacial score (nSPS) is 13.5. The summed E-state index contributed by atoms with van der Waals surface area (Å²) in [7, 11) is 0. The third kappa shape index (κ3) is 30.0. The van der Waals surface area contributed by atoms with Crippen molar-refractivity contribution in [2.75, 3.05) is 139 Å². The number of carbonyl (C=O) groups excluding carboxylic acids is 2. The number of benzene rings is 1. The van der Waals surface area contributed by atoms with Gasteiger partial charge in [0, 0.05) is 32.8 Å². The molecule has 1 aliphatic carbocycles. The first-order valence-electron chi connectivity index (χ1n) is 23.6. The maximum absolute atomic E-state index is 13.7. The molecular formula is C46H79F5N2O13. The average molecular weight is 963 g/mol. The van der Waals surface area contributed by atoms with E-state index in [4.69, 9.17) is 53.1 Å². The molecule has 386 valence electrons. The molecule has 1 amide bonds. The summed E-state index contributed by atoms with van der Waals surface area (Å²) in [6, 6.07) is 0. The summed E-state index contributed by atoms with van der Waals surface area (Å²) >= 11 is 0. The van der Waals surface area contributed by atoms with Crippen molar-refractivity contribution in [3.8, 4) is 5.75 Å². The highest BCUT2D eigenvalue weighted by Crippen LogP contribution is 2.34. The van der Waals surface area contributed by atoms with E-state index < -0.39 is 52.8 Å². The number of halogens is 5. The first-order valence-corrected chi connectivity index (χ1v) is 23.6. The highest BCUT2D eigenvalue weighted by Gasteiger charge is 2.37. The molecule has 0 aromatic heterocycles. The Hall–Kier alpha value is -2.63. The van der Waals surface area contributed by atoms with Crippen LogP contribution in [-0.2, 0) is 57.0 Å². The molecule has 20 heteroatoms. The van der Waals surface area contributed by atoms with Crippen LogP contribution in [0.4, 0.5) is 22.0 Å². The van der Waals surface area contributed by atoms with Crippen molar-refractivity contribution < 1.29 is 83.6 Å². The summed E-state index contributed by atoms with van der Waals surface area (Å²) in [6.07, 6.45) is 10.0. The van der Waals surface area contributed by atoms with Gasteiger partial charge in [-0.05, 0) is 31.6 Å². The first-order chi connectivity index (χ1) is 32.1. The van der Waals surface area contributed by atoms with Crippen LogP contribution in [0.2, 0.25) is 0 Å². The molecule has 0 radical (unpaired) electrons. The fourth-order valence-electron chi connectivity index (χ4n) is 6.11. The van der Waals surface area contributed by atoms with Crippen molar-refractivity contribution in [2.24, 2.45) is 11.7 Å². The number of carbonyl (C=O) groups is 2. The lowest BCUT2D eigenvalue weighted by atomic mass is 9.76. The van der Waals surface area contributed by atoms with Gasteiger partial charge in [-0.15, -0.1) is 0 Å². The number of rotatable bonds is 43. The van der Waals surface area contributed by atoms with Crippen LogP contribution in [0.15, 0.2) is 0 Å². The molecule has 0 spiro atoms. The quantitative estimate of drug-likeness (QED) is 0.0179. The topological polar surface area (TPSA) is 174 Å². The Morgan fingerprint density at radius 1 is 0.515 bits per heavy atom. The third-order valence-corrected chi connectivity index (χ3v) is 9.71. The minimum atomic E-state index is -2.36. The summed E-state index contributed by atoms with van der Waals surface area (Å²) in [5.74, 6) is -14.1. The third-order valence-electron chi connectivity index (χ3n) is 9.71. The number of esters is 1. The van der Waals surface area contributed by atoms with Crippen LogP contribution in [0.1, 0.15) is 97.8 Å². The molecule has 66 heavy (non-hydrogen) atoms. The zero-order chi connectivity index (χ0) is 48.5. The van der Waals surface area contributed by atoms with E-state index in [9.17, 15) is 31.5 Å². The summed E-state index contributed by atoms with van der Waals surface area (Å²) in [5, 5.41) is 3.16. The van der Waals surface area contributed by atoms with E-state index in [1.165, 1.54) is 12.8 Å². The van der Waals surface area contributed by atoms with Gasteiger partial charge in [-0.2, -0.15) is 8.78 Å². The molecule has 1 aromatic carbocycles. The van der Waals surface area contributed by atoms with E-state index in [1.807, 2.05) is 6.92 Å². The fraction of sp³-hybridized carbons (Fsp3) is 0.826. The molecule has 1 atom stereocenters. The Bertz CT molecular complexity index is 1340. The molecular weight excluding hydrogens is 883 g/mol. The summed E-state index contributed by atoms with van der Waals surface area (Å²) in [4.78, 5) is 25.1. The maximum atomic E-state index is 13.7. The summed E-state index contributed by atoms with van der Waals surface area (Å²) in [5.41, 5.74) is 4.41. The predicted octanol–water partition coefficient (Wildman–Crippen LogP) is 6.62. The van der Waals surface area contributed by atoms with E-state index in [0.717, 1.165) is 58.2 Å². The smallest absolute Gasteiger partial charge is 0.313 e. The molecule has 1 fully saturated rings. The van der Waals surface area contributed by atoms with E-state index in [2.05, 4.69) is 23.9 Å². The van der Waals surface area contributed by atoms with Crippen LogP contribution < -0.4 is 15.8 Å². The van der Waals surface area contributed by atoms with Crippen LogP contribution >= 0.6 is 0 Å². The van der Waals surface area contributed by atoms with Gasteiger partial charge in [-0.3, -0.25) is 9.59 Å². The Morgan fingerprint density at radius 2 is 0.939 bits per heavy atom. The van der Waals surface area contributed by atoms with Crippen molar-refractivity contribution >= 4 is 11.9 Å². The van der Waals surface area contributed by atoms with Gasteiger partial charge in [0.15, 0.2) is 0 Å². The Labute approximate surface area is 388 Å². The zero-order valence-corrected chi connectivity index (χ0v) is 39.7. The van der Waals surface area contributed by atoms with Gasteiger partial charge in [0.05, 0.1) is 124 Å². The highest BCUT2D eigenvalue weighted by atomic mass is 19.2. The monoisotopic (exact) mass is 963 g/mol. The second-order valence-electron chi connectivity index (χ2n) is 15.6. The van der Waals surface area contributed by atoms with Crippen LogP contribution in [0.5, 0.6) is 5.75 Å². The number of nitrogens with one attached hydrogen (secondary N) is 1. The molecule has 0 heterocycles. The Kier molecular flexibility index (Phi) is 38.5. The van der Waals surface area contributed by atoms with Gasteiger partial charge in [0.1, 0.15) is 0 Å². The Balaban J connectivity index is 0.00000193. The van der Waals surface area contributed by atoms with Crippen molar-refractivity contribution in [1.29, 1.82) is 0 Å². The van der Waals surface area contributed by atoms with Gasteiger partial charge in [-0.25, -0.2) is 13.2 Å². The molecule has 15 nitrogen and oxygen atoms in total. The molecule has 0 bridgehead atoms. The number of hydrogen-bond donors (Lipinski definition) is 2. The van der Waals surface area contributed by atoms with Gasteiger partial charge >= 0.3 is 5.97 Å². The van der Waals surface area contributed by atoms with Gasteiger partial charge in [0.2, 0.25) is 40.7 Å². The molecule has 1 unspecified atom stereocenters. The van der Waals surface area contributed by atoms with Crippen molar-refractivity contribution in [3.05, 3.63) is 29.1 Å². The number of nitrogens with two attached hydrogens (primary N) is 1. The van der Waals surface area contributed by atoms with E-state index in [1.54, 1.807) is 0 Å². The van der Waals surface area contributed by atoms with Gasteiger partial charge < -0.3 is 63.2 Å². The lowest BCUT2D eigenvalue weighted by molar-refractivity contribution is -0.136. The van der Waals surface area contributed by atoms with E-state index in [0.29, 0.717) is 98.2 Å².